The molecule has 0 N–H and O–H groups in total. The SMILES string of the molecule is C=C(C)C(=O)Oc1ccc(-c2ccc(-c3ccc(OC(=O)C(=C)C)c(SC)c3)cc2)cc1. The summed E-state index contributed by atoms with van der Waals surface area (Å²) in [6.07, 6.45) is 1.94. The van der Waals surface area contributed by atoms with E-state index in [9.17, 15) is 9.59 Å². The molecule has 4 nitrogen and oxygen atoms in total. The average Bonchev–Trinajstić information content (AvgIpc) is 2.79. The van der Waals surface area contributed by atoms with Gasteiger partial charge in [-0.05, 0) is 66.6 Å². The number of hydrogen-bond donors (Lipinski definition) is 0. The van der Waals surface area contributed by atoms with Crippen molar-refractivity contribution in [1.29, 1.82) is 0 Å². The monoisotopic (exact) mass is 444 g/mol. The fourth-order valence-electron chi connectivity index (χ4n) is 2.88. The van der Waals surface area contributed by atoms with Crippen LogP contribution in [-0.4, -0.2) is 18.2 Å². The van der Waals surface area contributed by atoms with Gasteiger partial charge in [-0.25, -0.2) is 9.59 Å². The minimum absolute atomic E-state index is 0.358. The quantitative estimate of drug-likeness (QED) is 0.176. The van der Waals surface area contributed by atoms with Crippen molar-refractivity contribution in [3.8, 4) is 33.8 Å². The molecule has 0 amide bonds. The number of benzene rings is 3. The first-order valence-corrected chi connectivity index (χ1v) is 11.1. The molecule has 0 heterocycles. The summed E-state index contributed by atoms with van der Waals surface area (Å²) in [6, 6.07) is 21.3. The first-order chi connectivity index (χ1) is 15.3. The fraction of sp³-hybridized carbons (Fsp3) is 0.111. The molecular weight excluding hydrogens is 420 g/mol. The van der Waals surface area contributed by atoms with E-state index in [2.05, 4.69) is 13.2 Å². The summed E-state index contributed by atoms with van der Waals surface area (Å²) in [7, 11) is 0. The van der Waals surface area contributed by atoms with Gasteiger partial charge in [-0.3, -0.25) is 0 Å². The number of thioether (sulfide) groups is 1. The zero-order chi connectivity index (χ0) is 23.3. The van der Waals surface area contributed by atoms with Crippen LogP contribution in [0.25, 0.3) is 22.3 Å². The highest BCUT2D eigenvalue weighted by molar-refractivity contribution is 7.98. The highest BCUT2D eigenvalue weighted by atomic mass is 32.2. The molecule has 162 valence electrons. The summed E-state index contributed by atoms with van der Waals surface area (Å²) in [5.74, 6) is 0.138. The Kier molecular flexibility index (Phi) is 7.33. The van der Waals surface area contributed by atoms with Gasteiger partial charge in [-0.1, -0.05) is 55.6 Å². The largest absolute Gasteiger partial charge is 0.423 e. The lowest BCUT2D eigenvalue weighted by Crippen LogP contribution is -2.08. The van der Waals surface area contributed by atoms with Gasteiger partial charge in [0, 0.05) is 11.1 Å². The third kappa shape index (κ3) is 5.56. The molecule has 3 rings (SSSR count). The smallest absolute Gasteiger partial charge is 0.338 e. The molecule has 0 aromatic heterocycles. The summed E-state index contributed by atoms with van der Waals surface area (Å²) < 4.78 is 10.7. The van der Waals surface area contributed by atoms with E-state index in [1.165, 1.54) is 11.8 Å². The van der Waals surface area contributed by atoms with Crippen molar-refractivity contribution in [3.05, 3.63) is 91.0 Å². The standard InChI is InChI=1S/C27H24O4S/c1-17(2)26(28)30-23-13-10-20(11-14-23)19-6-8-21(9-7-19)22-12-15-24(25(16-22)32-5)31-27(29)18(3)4/h6-16H,1,3H2,2,4-5H3. The third-order valence-electron chi connectivity index (χ3n) is 4.68. The van der Waals surface area contributed by atoms with Gasteiger partial charge < -0.3 is 9.47 Å². The summed E-state index contributed by atoms with van der Waals surface area (Å²) in [5, 5.41) is 0. The van der Waals surface area contributed by atoms with E-state index in [4.69, 9.17) is 9.47 Å². The molecule has 0 fully saturated rings. The van der Waals surface area contributed by atoms with E-state index in [0.29, 0.717) is 22.6 Å². The second-order valence-electron chi connectivity index (χ2n) is 7.31. The Labute approximate surface area is 192 Å². The lowest BCUT2D eigenvalue weighted by molar-refractivity contribution is -0.131. The van der Waals surface area contributed by atoms with Crippen LogP contribution in [0.3, 0.4) is 0 Å². The van der Waals surface area contributed by atoms with Crippen molar-refractivity contribution in [2.75, 3.05) is 6.26 Å². The number of esters is 2. The number of rotatable bonds is 7. The van der Waals surface area contributed by atoms with Crippen molar-refractivity contribution < 1.29 is 19.1 Å². The molecule has 0 atom stereocenters. The minimum atomic E-state index is -0.438. The predicted octanol–water partition coefficient (Wildman–Crippen LogP) is 6.71. The van der Waals surface area contributed by atoms with E-state index >= 15 is 0 Å². The van der Waals surface area contributed by atoms with Crippen LogP contribution in [0, 0.1) is 0 Å². The maximum atomic E-state index is 11.9. The first kappa shape index (κ1) is 23.1. The van der Waals surface area contributed by atoms with Crippen molar-refractivity contribution in [3.63, 3.8) is 0 Å². The van der Waals surface area contributed by atoms with Gasteiger partial charge in [0.25, 0.3) is 0 Å². The van der Waals surface area contributed by atoms with Crippen molar-refractivity contribution in [1.82, 2.24) is 0 Å². The van der Waals surface area contributed by atoms with Crippen LogP contribution in [0.2, 0.25) is 0 Å². The second-order valence-corrected chi connectivity index (χ2v) is 8.16. The molecule has 3 aromatic rings. The zero-order valence-electron chi connectivity index (χ0n) is 18.3. The van der Waals surface area contributed by atoms with Crippen molar-refractivity contribution in [2.24, 2.45) is 0 Å². The Morgan fingerprint density at radius 2 is 1.12 bits per heavy atom. The molecular formula is C27H24O4S. The van der Waals surface area contributed by atoms with Crippen LogP contribution in [0.5, 0.6) is 11.5 Å². The number of carbonyl (C=O) groups is 2. The lowest BCUT2D eigenvalue weighted by atomic mass is 10.0. The number of carbonyl (C=O) groups excluding carboxylic acids is 2. The molecule has 0 saturated carbocycles. The molecule has 0 spiro atoms. The van der Waals surface area contributed by atoms with Crippen molar-refractivity contribution >= 4 is 23.7 Å². The molecule has 3 aromatic carbocycles. The first-order valence-electron chi connectivity index (χ1n) is 9.92. The molecule has 32 heavy (non-hydrogen) atoms. The predicted molar refractivity (Wildman–Crippen MR) is 130 cm³/mol. The van der Waals surface area contributed by atoms with E-state index < -0.39 is 11.9 Å². The molecule has 0 unspecified atom stereocenters. The Bertz CT molecular complexity index is 1180. The van der Waals surface area contributed by atoms with Gasteiger partial charge in [0.15, 0.2) is 0 Å². The summed E-state index contributed by atoms with van der Waals surface area (Å²) in [5.41, 5.74) is 4.85. The molecule has 0 radical (unpaired) electrons. The zero-order valence-corrected chi connectivity index (χ0v) is 19.1. The molecule has 5 heteroatoms. The maximum Gasteiger partial charge on any atom is 0.338 e. The molecule has 0 aliphatic rings. The van der Waals surface area contributed by atoms with E-state index in [1.807, 2.05) is 54.8 Å². The van der Waals surface area contributed by atoms with E-state index in [1.54, 1.807) is 32.0 Å². The Hall–Kier alpha value is -3.57. The Morgan fingerprint density at radius 3 is 1.62 bits per heavy atom. The fourth-order valence-corrected chi connectivity index (χ4v) is 3.44. The summed E-state index contributed by atoms with van der Waals surface area (Å²) in [4.78, 5) is 24.4. The molecule has 0 aliphatic carbocycles. The lowest BCUT2D eigenvalue weighted by Gasteiger charge is -2.11. The summed E-state index contributed by atoms with van der Waals surface area (Å²) >= 11 is 1.52. The second kappa shape index (κ2) is 10.2. The van der Waals surface area contributed by atoms with Crippen LogP contribution in [0.4, 0.5) is 0 Å². The van der Waals surface area contributed by atoms with Gasteiger partial charge in [-0.15, -0.1) is 11.8 Å². The van der Waals surface area contributed by atoms with E-state index in [-0.39, 0.29) is 0 Å². The Morgan fingerprint density at radius 1 is 0.688 bits per heavy atom. The van der Waals surface area contributed by atoms with Crippen molar-refractivity contribution in [2.45, 2.75) is 18.7 Å². The average molecular weight is 445 g/mol. The van der Waals surface area contributed by atoms with Crippen LogP contribution in [0.1, 0.15) is 13.8 Å². The topological polar surface area (TPSA) is 52.6 Å². The normalized spacial score (nSPS) is 10.3. The van der Waals surface area contributed by atoms with Gasteiger partial charge in [-0.2, -0.15) is 0 Å². The number of hydrogen-bond acceptors (Lipinski definition) is 5. The summed E-state index contributed by atoms with van der Waals surface area (Å²) in [6.45, 7) is 10.4. The van der Waals surface area contributed by atoms with Crippen LogP contribution < -0.4 is 9.47 Å². The highest BCUT2D eigenvalue weighted by Crippen LogP contribution is 2.34. The van der Waals surface area contributed by atoms with Gasteiger partial charge in [0.2, 0.25) is 0 Å². The Balaban J connectivity index is 1.78. The van der Waals surface area contributed by atoms with Gasteiger partial charge >= 0.3 is 11.9 Å². The molecule has 0 bridgehead atoms. The van der Waals surface area contributed by atoms with Crippen LogP contribution in [0.15, 0.2) is 95.9 Å². The molecule has 0 aliphatic heterocycles. The van der Waals surface area contributed by atoms with E-state index in [0.717, 1.165) is 27.1 Å². The minimum Gasteiger partial charge on any atom is -0.423 e. The van der Waals surface area contributed by atoms with Gasteiger partial charge in [0.05, 0.1) is 4.90 Å². The maximum absolute atomic E-state index is 11.9. The van der Waals surface area contributed by atoms with Gasteiger partial charge in [0.1, 0.15) is 11.5 Å². The molecule has 0 saturated heterocycles. The van der Waals surface area contributed by atoms with Crippen LogP contribution in [-0.2, 0) is 9.59 Å². The number of ether oxygens (including phenoxy) is 2. The van der Waals surface area contributed by atoms with Crippen LogP contribution >= 0.6 is 11.8 Å². The highest BCUT2D eigenvalue weighted by Gasteiger charge is 2.11. The third-order valence-corrected chi connectivity index (χ3v) is 5.44.